The first-order chi connectivity index (χ1) is 26.5. The number of fused-ring (bicyclic) bond motifs is 5. The van der Waals surface area contributed by atoms with E-state index in [4.69, 9.17) is 16.8 Å². The molecular weight excluding hydrogens is 544 g/mol. The number of para-hydroxylation sites is 1. The number of benzene rings is 8. The summed E-state index contributed by atoms with van der Waals surface area (Å²) in [5, 5.41) is 4.57. The Morgan fingerprint density at radius 2 is 0.911 bits per heavy atom. The second kappa shape index (κ2) is 10.4. The molecule has 0 aliphatic carbocycles. The van der Waals surface area contributed by atoms with Crippen molar-refractivity contribution >= 4 is 43.5 Å². The molecule has 0 aliphatic heterocycles. The van der Waals surface area contributed by atoms with Crippen LogP contribution < -0.4 is 0 Å². The van der Waals surface area contributed by atoms with E-state index in [1.54, 1.807) is 30.3 Å². The summed E-state index contributed by atoms with van der Waals surface area (Å²) in [6, 6.07) is 30.5. The van der Waals surface area contributed by atoms with Crippen LogP contribution in [0.5, 0.6) is 0 Å². The second-order valence-electron chi connectivity index (χ2n) is 10.8. The van der Waals surface area contributed by atoms with Crippen LogP contribution in [0, 0.1) is 0 Å². The fourth-order valence-corrected chi connectivity index (χ4v) is 6.58. The van der Waals surface area contributed by atoms with Crippen molar-refractivity contribution in [3.8, 4) is 44.5 Å². The summed E-state index contributed by atoms with van der Waals surface area (Å²) in [4.78, 5) is 0. The molecule has 0 saturated carbocycles. The smallest absolute Gasteiger partial charge is 0.143 e. The third kappa shape index (κ3) is 4.02. The van der Waals surface area contributed by atoms with Gasteiger partial charge in [-0.25, -0.2) is 0 Å². The van der Waals surface area contributed by atoms with Gasteiger partial charge in [-0.15, -0.1) is 0 Å². The maximum Gasteiger partial charge on any atom is 0.143 e. The molecule has 9 aromatic rings. The van der Waals surface area contributed by atoms with Crippen molar-refractivity contribution in [1.82, 2.24) is 0 Å². The molecule has 0 atom stereocenters. The van der Waals surface area contributed by atoms with Crippen LogP contribution in [-0.2, 0) is 0 Å². The normalized spacial score (nSPS) is 14.7. The van der Waals surface area contributed by atoms with Gasteiger partial charge in [0.15, 0.2) is 0 Å². The quantitative estimate of drug-likeness (QED) is 0.188. The molecule has 0 saturated heterocycles. The Kier molecular flexibility index (Phi) is 4.01. The molecule has 0 aliphatic rings. The first-order valence-electron chi connectivity index (χ1n) is 19.6. The van der Waals surface area contributed by atoms with Crippen LogP contribution in [-0.4, -0.2) is 0 Å². The number of hydrogen-bond donors (Lipinski definition) is 0. The predicted molar refractivity (Wildman–Crippen MR) is 190 cm³/mol. The van der Waals surface area contributed by atoms with Crippen LogP contribution in [0.15, 0.2) is 174 Å². The van der Waals surface area contributed by atoms with Crippen LogP contribution in [0.2, 0.25) is 0 Å². The zero-order chi connectivity index (χ0) is 38.4. The highest BCUT2D eigenvalue weighted by atomic mass is 16.3. The zero-order valence-electron chi connectivity index (χ0n) is 33.8. The SMILES string of the molecule is [2H]c1ccc(-c2c([2H])c([2H])c([2H])c([2H])c2-c2c3ccccc3c(-c3ccc(-c4c([2H])c([2H])c([2H])c([2H])c4[2H])c4oc5ccccc5c34)c3ccccc23)cc1. The molecule has 1 heteroatoms. The molecular formula is C44H28O. The summed E-state index contributed by atoms with van der Waals surface area (Å²) < 4.78 is 93.0. The van der Waals surface area contributed by atoms with E-state index in [9.17, 15) is 1.37 Å². The molecule has 0 unspecified atom stereocenters. The van der Waals surface area contributed by atoms with E-state index in [2.05, 4.69) is 0 Å². The average molecular weight is 583 g/mol. The fourth-order valence-electron chi connectivity index (χ4n) is 6.58. The van der Waals surface area contributed by atoms with Gasteiger partial charge in [0.05, 0.1) is 13.7 Å². The molecule has 9 rings (SSSR count). The first-order valence-corrected chi connectivity index (χ1v) is 14.6. The Morgan fingerprint density at radius 3 is 1.58 bits per heavy atom. The lowest BCUT2D eigenvalue weighted by atomic mass is 9.83. The van der Waals surface area contributed by atoms with Crippen LogP contribution >= 0.6 is 0 Å². The molecule has 0 N–H and O–H groups in total. The van der Waals surface area contributed by atoms with E-state index in [0.29, 0.717) is 44.4 Å². The highest BCUT2D eigenvalue weighted by Crippen LogP contribution is 2.49. The summed E-state index contributed by atoms with van der Waals surface area (Å²) in [6.07, 6.45) is 0. The first kappa shape index (κ1) is 17.4. The third-order valence-electron chi connectivity index (χ3n) is 8.44. The van der Waals surface area contributed by atoms with Gasteiger partial charge in [-0.2, -0.15) is 0 Å². The maximum absolute atomic E-state index is 9.32. The van der Waals surface area contributed by atoms with E-state index in [0.717, 1.165) is 38.1 Å². The Hall–Kier alpha value is -5.92. The van der Waals surface area contributed by atoms with Crippen molar-refractivity contribution in [3.63, 3.8) is 0 Å². The largest absolute Gasteiger partial charge is 0.455 e. The van der Waals surface area contributed by atoms with Crippen molar-refractivity contribution in [2.45, 2.75) is 0 Å². The van der Waals surface area contributed by atoms with Gasteiger partial charge < -0.3 is 4.42 Å². The van der Waals surface area contributed by atoms with Crippen molar-refractivity contribution < 1.29 is 18.1 Å². The van der Waals surface area contributed by atoms with Crippen molar-refractivity contribution in [1.29, 1.82) is 0 Å². The van der Waals surface area contributed by atoms with Crippen molar-refractivity contribution in [2.75, 3.05) is 0 Å². The van der Waals surface area contributed by atoms with Crippen LogP contribution in [0.25, 0.3) is 88.0 Å². The molecule has 1 heterocycles. The fraction of sp³-hybridized carbons (Fsp3) is 0. The second-order valence-corrected chi connectivity index (χ2v) is 10.8. The minimum Gasteiger partial charge on any atom is -0.455 e. The molecule has 0 radical (unpaired) electrons. The van der Waals surface area contributed by atoms with Gasteiger partial charge in [0.25, 0.3) is 0 Å². The standard InChI is InChI=1S/C44H28O/c1-3-15-29(16-4-1)31-19-7-8-20-33(31)41-34-21-9-11-23-36(34)42(37-24-12-10-22-35(37)41)39-28-27-32(30-17-5-2-6-18-30)44-43(39)38-25-13-14-26-40(38)45-44/h1-28H/i1D,2D,5D,6D,7D,8D,17D,18D,19D,20D. The average Bonchev–Trinajstić information content (AvgIpc) is 3.60. The van der Waals surface area contributed by atoms with Gasteiger partial charge in [0, 0.05) is 16.3 Å². The molecule has 210 valence electrons. The van der Waals surface area contributed by atoms with Crippen LogP contribution in [0.4, 0.5) is 0 Å². The minimum atomic E-state index is -0.478. The maximum atomic E-state index is 9.32. The van der Waals surface area contributed by atoms with Gasteiger partial charge in [0.2, 0.25) is 0 Å². The van der Waals surface area contributed by atoms with Gasteiger partial charge in [-0.1, -0.05) is 157 Å². The highest BCUT2D eigenvalue weighted by molar-refractivity contribution is 6.27. The number of rotatable bonds is 4. The summed E-state index contributed by atoms with van der Waals surface area (Å²) >= 11 is 0. The molecule has 1 nitrogen and oxygen atoms in total. The Labute approximate surface area is 275 Å². The Bertz CT molecular complexity index is 3010. The highest BCUT2D eigenvalue weighted by Gasteiger charge is 2.22. The topological polar surface area (TPSA) is 13.1 Å². The Morgan fingerprint density at radius 1 is 0.378 bits per heavy atom. The van der Waals surface area contributed by atoms with Crippen molar-refractivity contribution in [2.24, 2.45) is 0 Å². The molecule has 45 heavy (non-hydrogen) atoms. The summed E-state index contributed by atoms with van der Waals surface area (Å²) in [5.74, 6) is 0. The molecule has 0 fully saturated rings. The van der Waals surface area contributed by atoms with E-state index in [1.165, 1.54) is 0 Å². The number of hydrogen-bond acceptors (Lipinski definition) is 1. The Balaban J connectivity index is 1.45. The van der Waals surface area contributed by atoms with E-state index in [-0.39, 0.29) is 47.9 Å². The lowest BCUT2D eigenvalue weighted by molar-refractivity contribution is 0.670. The minimum absolute atomic E-state index is 0.0378. The van der Waals surface area contributed by atoms with Gasteiger partial charge in [-0.3, -0.25) is 0 Å². The molecule has 8 aromatic carbocycles. The zero-order valence-corrected chi connectivity index (χ0v) is 23.8. The third-order valence-corrected chi connectivity index (χ3v) is 8.44. The molecule has 0 amide bonds. The molecule has 0 spiro atoms. The van der Waals surface area contributed by atoms with Gasteiger partial charge >= 0.3 is 0 Å². The lowest BCUT2D eigenvalue weighted by Crippen LogP contribution is -1.93. The lowest BCUT2D eigenvalue weighted by Gasteiger charge is -2.20. The molecule has 0 bridgehead atoms. The van der Waals surface area contributed by atoms with Crippen LogP contribution in [0.1, 0.15) is 13.7 Å². The predicted octanol–water partition coefficient (Wildman–Crippen LogP) is 12.6. The van der Waals surface area contributed by atoms with E-state index in [1.807, 2.05) is 78.9 Å². The summed E-state index contributed by atoms with van der Waals surface area (Å²) in [6.45, 7) is 0. The van der Waals surface area contributed by atoms with E-state index >= 15 is 0 Å². The number of furan rings is 1. The summed E-state index contributed by atoms with van der Waals surface area (Å²) in [7, 11) is 0. The summed E-state index contributed by atoms with van der Waals surface area (Å²) in [5.41, 5.74) is 4.81. The molecule has 1 aromatic heterocycles. The van der Waals surface area contributed by atoms with Gasteiger partial charge in [-0.05, 0) is 72.6 Å². The van der Waals surface area contributed by atoms with Crippen LogP contribution in [0.3, 0.4) is 0 Å². The monoisotopic (exact) mass is 582 g/mol. The van der Waals surface area contributed by atoms with E-state index < -0.39 is 18.1 Å². The van der Waals surface area contributed by atoms with Gasteiger partial charge in [0.1, 0.15) is 11.2 Å². The van der Waals surface area contributed by atoms with Crippen molar-refractivity contribution in [3.05, 3.63) is 170 Å².